The predicted octanol–water partition coefficient (Wildman–Crippen LogP) is 1.91. The topological polar surface area (TPSA) is 46.5 Å². The van der Waals surface area contributed by atoms with Gasteiger partial charge in [0, 0.05) is 6.61 Å². The summed E-state index contributed by atoms with van der Waals surface area (Å²) in [6, 6.07) is 0. The van der Waals surface area contributed by atoms with Crippen molar-refractivity contribution in [1.29, 1.82) is 0 Å². The van der Waals surface area contributed by atoms with E-state index in [9.17, 15) is 4.79 Å². The summed E-state index contributed by atoms with van der Waals surface area (Å²) in [5.41, 5.74) is 0.0962. The van der Waals surface area contributed by atoms with Crippen LogP contribution in [-0.4, -0.2) is 23.8 Å². The van der Waals surface area contributed by atoms with Gasteiger partial charge in [-0.3, -0.25) is 4.79 Å². The van der Waals surface area contributed by atoms with Crippen molar-refractivity contribution >= 4 is 5.97 Å². The first kappa shape index (κ1) is 9.97. The Morgan fingerprint density at radius 3 is 2.71 bits per heavy atom. The van der Waals surface area contributed by atoms with Gasteiger partial charge in [-0.2, -0.15) is 0 Å². The fraction of sp³-hybridized carbons (Fsp3) is 0.909. The van der Waals surface area contributed by atoms with Crippen LogP contribution in [-0.2, 0) is 9.53 Å². The highest BCUT2D eigenvalue weighted by atomic mass is 16.5. The van der Waals surface area contributed by atoms with Crippen LogP contribution in [0.4, 0.5) is 0 Å². The summed E-state index contributed by atoms with van der Waals surface area (Å²) in [5, 5.41) is 8.95. The summed E-state index contributed by atoms with van der Waals surface area (Å²) in [7, 11) is 0. The molecule has 0 bridgehead atoms. The van der Waals surface area contributed by atoms with Gasteiger partial charge >= 0.3 is 5.97 Å². The zero-order valence-corrected chi connectivity index (χ0v) is 8.82. The molecule has 80 valence electrons. The van der Waals surface area contributed by atoms with E-state index < -0.39 is 5.97 Å². The highest BCUT2D eigenvalue weighted by Crippen LogP contribution is 2.60. The lowest BCUT2D eigenvalue weighted by Crippen LogP contribution is -2.32. The summed E-state index contributed by atoms with van der Waals surface area (Å²) in [5.74, 6) is -0.204. The monoisotopic (exact) mass is 198 g/mol. The van der Waals surface area contributed by atoms with E-state index in [2.05, 4.69) is 13.8 Å². The lowest BCUT2D eigenvalue weighted by Gasteiger charge is -2.32. The number of carboxylic acids is 1. The second kappa shape index (κ2) is 3.23. The molecule has 0 aromatic rings. The molecule has 2 aliphatic rings. The van der Waals surface area contributed by atoms with Gasteiger partial charge in [-0.05, 0) is 30.6 Å². The first-order valence-electron chi connectivity index (χ1n) is 5.39. The van der Waals surface area contributed by atoms with Gasteiger partial charge in [0.15, 0.2) is 0 Å². The molecule has 3 atom stereocenters. The Labute approximate surface area is 84.4 Å². The molecule has 0 radical (unpaired) electrons. The SMILES string of the molecule is CC(C)C1CC2(CCO1)CC2C(=O)O. The second-order valence-electron chi connectivity index (χ2n) is 5.06. The van der Waals surface area contributed by atoms with Crippen LogP contribution >= 0.6 is 0 Å². The Balaban J connectivity index is 1.99. The van der Waals surface area contributed by atoms with E-state index in [1.165, 1.54) is 0 Å². The summed E-state index contributed by atoms with van der Waals surface area (Å²) in [6.07, 6.45) is 3.03. The third-order valence-corrected chi connectivity index (χ3v) is 3.77. The molecule has 0 aromatic heterocycles. The minimum absolute atomic E-state index is 0.0901. The maximum absolute atomic E-state index is 10.9. The summed E-state index contributed by atoms with van der Waals surface area (Å²) in [6.45, 7) is 5.02. The molecule has 1 aliphatic heterocycles. The van der Waals surface area contributed by atoms with E-state index in [1.807, 2.05) is 0 Å². The van der Waals surface area contributed by atoms with Crippen molar-refractivity contribution in [3.8, 4) is 0 Å². The number of carbonyl (C=O) groups is 1. The molecule has 2 rings (SSSR count). The predicted molar refractivity (Wildman–Crippen MR) is 52.0 cm³/mol. The fourth-order valence-electron chi connectivity index (χ4n) is 2.60. The van der Waals surface area contributed by atoms with Gasteiger partial charge < -0.3 is 9.84 Å². The number of carboxylic acid groups (broad SMARTS) is 1. The Morgan fingerprint density at radius 1 is 1.50 bits per heavy atom. The third kappa shape index (κ3) is 1.54. The van der Waals surface area contributed by atoms with Crippen molar-refractivity contribution in [2.45, 2.75) is 39.2 Å². The fourth-order valence-corrected chi connectivity index (χ4v) is 2.60. The van der Waals surface area contributed by atoms with Crippen LogP contribution in [0, 0.1) is 17.3 Å². The van der Waals surface area contributed by atoms with Gasteiger partial charge in [0.05, 0.1) is 12.0 Å². The molecular weight excluding hydrogens is 180 g/mol. The number of aliphatic carboxylic acids is 1. The Bertz CT molecular complexity index is 249. The molecule has 1 spiro atoms. The Hall–Kier alpha value is -0.570. The lowest BCUT2D eigenvalue weighted by atomic mass is 9.86. The van der Waals surface area contributed by atoms with Gasteiger partial charge in [-0.15, -0.1) is 0 Å². The molecule has 0 amide bonds. The average molecular weight is 198 g/mol. The normalized spacial score (nSPS) is 41.6. The Kier molecular flexibility index (Phi) is 2.30. The second-order valence-corrected chi connectivity index (χ2v) is 5.06. The molecule has 2 fully saturated rings. The van der Waals surface area contributed by atoms with Gasteiger partial charge in [-0.25, -0.2) is 0 Å². The van der Waals surface area contributed by atoms with Crippen LogP contribution in [0.15, 0.2) is 0 Å². The molecule has 14 heavy (non-hydrogen) atoms. The van der Waals surface area contributed by atoms with Gasteiger partial charge in [0.2, 0.25) is 0 Å². The third-order valence-electron chi connectivity index (χ3n) is 3.77. The summed E-state index contributed by atoms with van der Waals surface area (Å²) >= 11 is 0. The largest absolute Gasteiger partial charge is 0.481 e. The molecule has 3 heteroatoms. The van der Waals surface area contributed by atoms with Crippen LogP contribution in [0.3, 0.4) is 0 Å². The first-order chi connectivity index (χ1) is 6.55. The number of rotatable bonds is 2. The number of hydrogen-bond donors (Lipinski definition) is 1. The van der Waals surface area contributed by atoms with Crippen molar-refractivity contribution in [3.63, 3.8) is 0 Å². The average Bonchev–Trinajstić information content (AvgIpc) is 2.79. The van der Waals surface area contributed by atoms with Crippen molar-refractivity contribution in [3.05, 3.63) is 0 Å². The molecule has 1 N–H and O–H groups in total. The van der Waals surface area contributed by atoms with Crippen LogP contribution in [0.25, 0.3) is 0 Å². The van der Waals surface area contributed by atoms with E-state index in [0.29, 0.717) is 5.92 Å². The number of hydrogen-bond acceptors (Lipinski definition) is 2. The van der Waals surface area contributed by atoms with Crippen molar-refractivity contribution in [2.24, 2.45) is 17.3 Å². The highest BCUT2D eigenvalue weighted by Gasteiger charge is 2.60. The molecular formula is C11H18O3. The minimum atomic E-state index is -0.616. The quantitative estimate of drug-likeness (QED) is 0.737. The van der Waals surface area contributed by atoms with Gasteiger partial charge in [0.1, 0.15) is 0 Å². The van der Waals surface area contributed by atoms with E-state index >= 15 is 0 Å². The molecule has 3 nitrogen and oxygen atoms in total. The zero-order valence-electron chi connectivity index (χ0n) is 8.82. The molecule has 1 saturated heterocycles. The first-order valence-corrected chi connectivity index (χ1v) is 5.39. The van der Waals surface area contributed by atoms with E-state index in [-0.39, 0.29) is 17.4 Å². The summed E-state index contributed by atoms with van der Waals surface area (Å²) < 4.78 is 5.65. The van der Waals surface area contributed by atoms with Crippen LogP contribution in [0.5, 0.6) is 0 Å². The zero-order chi connectivity index (χ0) is 10.3. The van der Waals surface area contributed by atoms with E-state index in [4.69, 9.17) is 9.84 Å². The molecule has 3 unspecified atom stereocenters. The molecule has 0 aromatic carbocycles. The van der Waals surface area contributed by atoms with Crippen LogP contribution in [0.1, 0.15) is 33.1 Å². The van der Waals surface area contributed by atoms with Gasteiger partial charge in [0.25, 0.3) is 0 Å². The Morgan fingerprint density at radius 2 is 2.21 bits per heavy atom. The van der Waals surface area contributed by atoms with Crippen molar-refractivity contribution in [2.75, 3.05) is 6.61 Å². The maximum Gasteiger partial charge on any atom is 0.307 e. The van der Waals surface area contributed by atoms with Crippen LogP contribution in [0.2, 0.25) is 0 Å². The number of ether oxygens (including phenoxy) is 1. The van der Waals surface area contributed by atoms with Gasteiger partial charge in [-0.1, -0.05) is 13.8 Å². The van der Waals surface area contributed by atoms with Crippen molar-refractivity contribution < 1.29 is 14.6 Å². The molecule has 1 heterocycles. The van der Waals surface area contributed by atoms with E-state index in [1.54, 1.807) is 0 Å². The molecule has 1 aliphatic carbocycles. The standard InChI is InChI=1S/C11H18O3/c1-7(2)9-6-11(3-4-14-9)5-8(11)10(12)13/h7-9H,3-6H2,1-2H3,(H,12,13). The smallest absolute Gasteiger partial charge is 0.307 e. The van der Waals surface area contributed by atoms with Crippen molar-refractivity contribution in [1.82, 2.24) is 0 Å². The molecule has 1 saturated carbocycles. The van der Waals surface area contributed by atoms with Crippen LogP contribution < -0.4 is 0 Å². The highest BCUT2D eigenvalue weighted by molar-refractivity contribution is 5.74. The summed E-state index contributed by atoms with van der Waals surface area (Å²) in [4.78, 5) is 10.9. The minimum Gasteiger partial charge on any atom is -0.481 e. The lowest BCUT2D eigenvalue weighted by molar-refractivity contribution is -0.140. The maximum atomic E-state index is 10.9. The van der Waals surface area contributed by atoms with E-state index in [0.717, 1.165) is 25.9 Å².